The van der Waals surface area contributed by atoms with Crippen LogP contribution in [0.15, 0.2) is 255 Å². The van der Waals surface area contributed by atoms with Crippen molar-refractivity contribution in [2.24, 2.45) is 0 Å². The second-order valence-electron chi connectivity index (χ2n) is 16.4. The lowest BCUT2D eigenvalue weighted by molar-refractivity contribution is 0.768. The predicted molar refractivity (Wildman–Crippen MR) is 264 cm³/mol. The molecule has 0 saturated carbocycles. The molecule has 0 N–H and O–H groups in total. The highest BCUT2D eigenvalue weighted by molar-refractivity contribution is 6.17. The molecular formula is C61H42N2. The molecule has 0 aliphatic heterocycles. The molecule has 0 fully saturated rings. The fourth-order valence-electron chi connectivity index (χ4n) is 10.4. The molecule has 0 unspecified atom stereocenters. The van der Waals surface area contributed by atoms with E-state index < -0.39 is 5.41 Å². The highest BCUT2D eigenvalue weighted by atomic mass is 15.1. The topological polar surface area (TPSA) is 8.17 Å². The lowest BCUT2D eigenvalue weighted by Gasteiger charge is -2.34. The molecule has 2 heteroatoms. The van der Waals surface area contributed by atoms with Crippen LogP contribution in [0.3, 0.4) is 0 Å². The van der Waals surface area contributed by atoms with Crippen LogP contribution < -0.4 is 4.90 Å². The van der Waals surface area contributed by atoms with E-state index in [1.165, 1.54) is 77.4 Å². The fourth-order valence-corrected chi connectivity index (χ4v) is 10.4. The molecule has 0 spiro atoms. The minimum absolute atomic E-state index is 0.480. The van der Waals surface area contributed by atoms with Crippen LogP contribution in [-0.4, -0.2) is 4.57 Å². The van der Waals surface area contributed by atoms with Crippen molar-refractivity contribution in [3.05, 3.63) is 277 Å². The molecule has 1 aliphatic carbocycles. The normalized spacial score (nSPS) is 12.6. The van der Waals surface area contributed by atoms with Gasteiger partial charge in [0.15, 0.2) is 0 Å². The van der Waals surface area contributed by atoms with Crippen LogP contribution in [0.5, 0.6) is 0 Å². The standard InChI is InChI=1S/C61H42N2/c1-5-20-43(21-6-1)50-28-15-18-34-57(50)62(48-38-36-46(37-39-48)61(45-24-9-3-10-25-45)55-32-16-13-29-52(55)53-30-14-17-33-56(53)61)49-40-41-58-54(42-49)60-51(44-22-7-2-8-23-44)31-19-35-59(60)63(58)47-26-11-4-12-27-47/h1-42H. The van der Waals surface area contributed by atoms with Gasteiger partial charge in [-0.15, -0.1) is 0 Å². The van der Waals surface area contributed by atoms with Crippen molar-refractivity contribution in [2.45, 2.75) is 5.41 Å². The lowest BCUT2D eigenvalue weighted by atomic mass is 9.68. The largest absolute Gasteiger partial charge is 0.310 e. The van der Waals surface area contributed by atoms with Crippen molar-refractivity contribution in [1.82, 2.24) is 4.57 Å². The van der Waals surface area contributed by atoms with Crippen molar-refractivity contribution < 1.29 is 0 Å². The molecule has 10 aromatic carbocycles. The van der Waals surface area contributed by atoms with E-state index in [0.29, 0.717) is 0 Å². The van der Waals surface area contributed by atoms with Gasteiger partial charge in [0.05, 0.1) is 22.1 Å². The maximum absolute atomic E-state index is 2.45. The summed E-state index contributed by atoms with van der Waals surface area (Å²) in [6, 6.07) is 93.2. The molecule has 12 rings (SSSR count). The average Bonchev–Trinajstić information content (AvgIpc) is 3.86. The molecule has 11 aromatic rings. The van der Waals surface area contributed by atoms with Crippen LogP contribution in [-0.2, 0) is 5.41 Å². The number of hydrogen-bond donors (Lipinski definition) is 0. The molecule has 0 saturated heterocycles. The number of para-hydroxylation sites is 2. The lowest BCUT2D eigenvalue weighted by Crippen LogP contribution is -2.28. The van der Waals surface area contributed by atoms with Crippen LogP contribution in [0.1, 0.15) is 22.3 Å². The van der Waals surface area contributed by atoms with Crippen molar-refractivity contribution in [3.63, 3.8) is 0 Å². The molecule has 63 heavy (non-hydrogen) atoms. The third kappa shape index (κ3) is 5.80. The van der Waals surface area contributed by atoms with Crippen molar-refractivity contribution in [1.29, 1.82) is 0 Å². The molecule has 0 bridgehead atoms. The second kappa shape index (κ2) is 15.1. The van der Waals surface area contributed by atoms with Crippen molar-refractivity contribution >= 4 is 38.9 Å². The quantitative estimate of drug-likeness (QED) is 0.149. The van der Waals surface area contributed by atoms with E-state index >= 15 is 0 Å². The van der Waals surface area contributed by atoms with Crippen molar-refractivity contribution in [2.75, 3.05) is 4.90 Å². The van der Waals surface area contributed by atoms with Gasteiger partial charge in [0.25, 0.3) is 0 Å². The first-order chi connectivity index (χ1) is 31.3. The smallest absolute Gasteiger partial charge is 0.0713 e. The summed E-state index contributed by atoms with van der Waals surface area (Å²) in [5, 5.41) is 2.44. The van der Waals surface area contributed by atoms with Gasteiger partial charge >= 0.3 is 0 Å². The Morgan fingerprint density at radius 2 is 0.825 bits per heavy atom. The molecule has 296 valence electrons. The fraction of sp³-hybridized carbons (Fsp3) is 0.0164. The molecule has 1 aromatic heterocycles. The Balaban J connectivity index is 1.11. The van der Waals surface area contributed by atoms with E-state index in [4.69, 9.17) is 0 Å². The summed E-state index contributed by atoms with van der Waals surface area (Å²) in [5.41, 5.74) is 18.7. The van der Waals surface area contributed by atoms with E-state index in [2.05, 4.69) is 264 Å². The van der Waals surface area contributed by atoms with Gasteiger partial charge in [0.2, 0.25) is 0 Å². The Hall–Kier alpha value is -8.20. The average molecular weight is 803 g/mol. The van der Waals surface area contributed by atoms with Gasteiger partial charge in [-0.05, 0) is 105 Å². The molecule has 2 nitrogen and oxygen atoms in total. The van der Waals surface area contributed by atoms with E-state index in [9.17, 15) is 0 Å². The van der Waals surface area contributed by atoms with E-state index in [1.54, 1.807) is 0 Å². The SMILES string of the molecule is c1ccc(-c2ccccc2N(c2ccc(C3(c4ccccc4)c4ccccc4-c4ccccc43)cc2)c2ccc3c(c2)c2c(-c4ccccc4)cccc2n3-c2ccccc2)cc1. The number of aromatic nitrogens is 1. The summed E-state index contributed by atoms with van der Waals surface area (Å²) in [6.07, 6.45) is 0. The summed E-state index contributed by atoms with van der Waals surface area (Å²) in [6.45, 7) is 0. The Morgan fingerprint density at radius 3 is 1.48 bits per heavy atom. The van der Waals surface area contributed by atoms with E-state index in [-0.39, 0.29) is 0 Å². The number of benzene rings is 10. The van der Waals surface area contributed by atoms with Crippen LogP contribution >= 0.6 is 0 Å². The highest BCUT2D eigenvalue weighted by Gasteiger charge is 2.45. The van der Waals surface area contributed by atoms with Gasteiger partial charge < -0.3 is 9.47 Å². The number of hydrogen-bond acceptors (Lipinski definition) is 1. The summed E-state index contributed by atoms with van der Waals surface area (Å²) in [5.74, 6) is 0. The van der Waals surface area contributed by atoms with Gasteiger partial charge in [0.1, 0.15) is 0 Å². The van der Waals surface area contributed by atoms with E-state index in [0.717, 1.165) is 22.7 Å². The monoisotopic (exact) mass is 802 g/mol. The molecular weight excluding hydrogens is 761 g/mol. The zero-order valence-corrected chi connectivity index (χ0v) is 34.6. The second-order valence-corrected chi connectivity index (χ2v) is 16.4. The minimum Gasteiger partial charge on any atom is -0.310 e. The molecule has 0 radical (unpaired) electrons. The van der Waals surface area contributed by atoms with Gasteiger partial charge in [-0.3, -0.25) is 0 Å². The molecule has 1 aliphatic rings. The van der Waals surface area contributed by atoms with Crippen LogP contribution in [0.2, 0.25) is 0 Å². The Morgan fingerprint density at radius 1 is 0.333 bits per heavy atom. The van der Waals surface area contributed by atoms with Crippen LogP contribution in [0.25, 0.3) is 60.9 Å². The van der Waals surface area contributed by atoms with Crippen LogP contribution in [0, 0.1) is 0 Å². The maximum atomic E-state index is 2.45. The first kappa shape index (κ1) is 36.6. The Bertz CT molecular complexity index is 3380. The summed E-state index contributed by atoms with van der Waals surface area (Å²) < 4.78 is 2.41. The first-order valence-electron chi connectivity index (χ1n) is 21.8. The maximum Gasteiger partial charge on any atom is 0.0713 e. The number of anilines is 3. The molecule has 0 amide bonds. The summed E-state index contributed by atoms with van der Waals surface area (Å²) >= 11 is 0. The Kier molecular flexibility index (Phi) is 8.76. The minimum atomic E-state index is -0.480. The third-order valence-electron chi connectivity index (χ3n) is 13.1. The third-order valence-corrected chi connectivity index (χ3v) is 13.1. The van der Waals surface area contributed by atoms with Gasteiger partial charge in [-0.1, -0.05) is 200 Å². The molecule has 1 heterocycles. The van der Waals surface area contributed by atoms with Gasteiger partial charge in [-0.25, -0.2) is 0 Å². The number of nitrogens with zero attached hydrogens (tertiary/aromatic N) is 2. The first-order valence-corrected chi connectivity index (χ1v) is 21.8. The summed E-state index contributed by atoms with van der Waals surface area (Å²) in [7, 11) is 0. The Labute approximate surface area is 368 Å². The van der Waals surface area contributed by atoms with Gasteiger partial charge in [-0.2, -0.15) is 0 Å². The van der Waals surface area contributed by atoms with Crippen LogP contribution in [0.4, 0.5) is 17.1 Å². The summed E-state index contributed by atoms with van der Waals surface area (Å²) in [4.78, 5) is 2.45. The zero-order valence-electron chi connectivity index (χ0n) is 34.6. The van der Waals surface area contributed by atoms with Gasteiger partial charge in [0, 0.05) is 33.4 Å². The number of rotatable bonds is 8. The molecule has 0 atom stereocenters. The van der Waals surface area contributed by atoms with Crippen molar-refractivity contribution in [3.8, 4) is 39.1 Å². The predicted octanol–water partition coefficient (Wildman–Crippen LogP) is 16.0. The number of fused-ring (bicyclic) bond motifs is 6. The van der Waals surface area contributed by atoms with E-state index in [1.807, 2.05) is 0 Å². The highest BCUT2D eigenvalue weighted by Crippen LogP contribution is 2.56. The zero-order chi connectivity index (χ0) is 41.7.